The smallest absolute Gasteiger partial charge is 0.270 e. The van der Waals surface area contributed by atoms with Crippen molar-refractivity contribution in [2.24, 2.45) is 0 Å². The van der Waals surface area contributed by atoms with Gasteiger partial charge in [0.05, 0.1) is 28.7 Å². The van der Waals surface area contributed by atoms with Crippen molar-refractivity contribution in [3.05, 3.63) is 75.1 Å². The van der Waals surface area contributed by atoms with Crippen LogP contribution in [0.4, 0.5) is 10.1 Å². The minimum Gasteiger partial charge on any atom is -0.387 e. The fraction of sp³-hybridized carbons (Fsp3) is 0.125. The highest BCUT2D eigenvalue weighted by atomic mass is 19.1. The molecule has 1 aliphatic rings. The number of carbonyl (C=O) groups excluding carboxylic acids is 2. The van der Waals surface area contributed by atoms with Crippen LogP contribution in [-0.4, -0.2) is 33.3 Å². The van der Waals surface area contributed by atoms with Crippen molar-refractivity contribution in [2.75, 3.05) is 6.54 Å². The topological polar surface area (TPSA) is 101 Å². The number of β-amino-alcohol motifs (C(OH)–C–C–N with tert-alkyl or cyclic N) is 1. The predicted molar refractivity (Wildman–Crippen MR) is 79.8 cm³/mol. The molecule has 1 aliphatic heterocycles. The van der Waals surface area contributed by atoms with Crippen LogP contribution in [-0.2, 0) is 0 Å². The maximum Gasteiger partial charge on any atom is 0.270 e. The summed E-state index contributed by atoms with van der Waals surface area (Å²) in [6.45, 7) is -0.328. The number of aliphatic hydroxyl groups is 1. The summed E-state index contributed by atoms with van der Waals surface area (Å²) < 4.78 is 12.9. The summed E-state index contributed by atoms with van der Waals surface area (Å²) >= 11 is 0. The number of amides is 2. The molecule has 0 fully saturated rings. The fourth-order valence-corrected chi connectivity index (χ4v) is 2.52. The van der Waals surface area contributed by atoms with Gasteiger partial charge >= 0.3 is 0 Å². The average Bonchev–Trinajstić information content (AvgIpc) is 2.80. The van der Waals surface area contributed by atoms with Gasteiger partial charge in [-0.15, -0.1) is 0 Å². The van der Waals surface area contributed by atoms with Crippen molar-refractivity contribution in [1.82, 2.24) is 4.90 Å². The molecule has 8 heteroatoms. The number of hydrogen-bond donors (Lipinski definition) is 1. The van der Waals surface area contributed by atoms with Gasteiger partial charge in [-0.3, -0.25) is 24.6 Å². The number of halogens is 1. The fourth-order valence-electron chi connectivity index (χ4n) is 2.52. The van der Waals surface area contributed by atoms with Crippen molar-refractivity contribution in [3.8, 4) is 0 Å². The Balaban J connectivity index is 1.85. The van der Waals surface area contributed by atoms with Crippen LogP contribution in [0.25, 0.3) is 0 Å². The Bertz CT molecular complexity index is 850. The van der Waals surface area contributed by atoms with Crippen LogP contribution < -0.4 is 0 Å². The first-order chi connectivity index (χ1) is 11.4. The number of fused-ring (bicyclic) bond motifs is 1. The molecule has 2 amide bonds. The summed E-state index contributed by atoms with van der Waals surface area (Å²) in [7, 11) is 0. The van der Waals surface area contributed by atoms with E-state index in [9.17, 15) is 29.2 Å². The van der Waals surface area contributed by atoms with Crippen LogP contribution >= 0.6 is 0 Å². The molecule has 0 saturated heterocycles. The van der Waals surface area contributed by atoms with E-state index in [4.69, 9.17) is 0 Å². The summed E-state index contributed by atoms with van der Waals surface area (Å²) in [5.41, 5.74) is 0.0344. The number of nitrogens with zero attached hydrogens (tertiary/aromatic N) is 2. The van der Waals surface area contributed by atoms with E-state index in [0.717, 1.165) is 29.2 Å². The summed E-state index contributed by atoms with van der Waals surface area (Å²) in [4.78, 5) is 35.5. The van der Waals surface area contributed by atoms with Crippen molar-refractivity contribution in [1.29, 1.82) is 0 Å². The minimum atomic E-state index is -1.19. The zero-order valence-electron chi connectivity index (χ0n) is 12.2. The molecule has 0 unspecified atom stereocenters. The van der Waals surface area contributed by atoms with Gasteiger partial charge in [-0.1, -0.05) is 12.1 Å². The van der Waals surface area contributed by atoms with Gasteiger partial charge in [0.2, 0.25) is 0 Å². The number of nitro groups is 1. The van der Waals surface area contributed by atoms with E-state index in [1.165, 1.54) is 18.2 Å². The maximum atomic E-state index is 12.9. The van der Waals surface area contributed by atoms with Gasteiger partial charge in [-0.05, 0) is 23.8 Å². The average molecular weight is 330 g/mol. The van der Waals surface area contributed by atoms with Gasteiger partial charge in [0.1, 0.15) is 5.82 Å². The van der Waals surface area contributed by atoms with Crippen molar-refractivity contribution < 1.29 is 24.0 Å². The third-order valence-corrected chi connectivity index (χ3v) is 3.78. The Hall–Kier alpha value is -3.13. The molecule has 0 aromatic heterocycles. The predicted octanol–water partition coefficient (Wildman–Crippen LogP) is 2.06. The molecular formula is C16H11FN2O5. The number of hydrogen-bond acceptors (Lipinski definition) is 5. The highest BCUT2D eigenvalue weighted by Crippen LogP contribution is 2.28. The third kappa shape index (κ3) is 2.63. The number of aliphatic hydroxyl groups excluding tert-OH is 1. The van der Waals surface area contributed by atoms with Crippen LogP contribution in [0.15, 0.2) is 42.5 Å². The van der Waals surface area contributed by atoms with Crippen molar-refractivity contribution in [3.63, 3.8) is 0 Å². The van der Waals surface area contributed by atoms with Gasteiger partial charge in [-0.2, -0.15) is 0 Å². The molecule has 0 saturated carbocycles. The lowest BCUT2D eigenvalue weighted by Gasteiger charge is -2.18. The Labute approximate surface area is 135 Å². The molecule has 0 radical (unpaired) electrons. The molecule has 0 spiro atoms. The highest BCUT2D eigenvalue weighted by Gasteiger charge is 2.37. The van der Waals surface area contributed by atoms with Crippen molar-refractivity contribution >= 4 is 17.5 Å². The molecular weight excluding hydrogens is 319 g/mol. The maximum absolute atomic E-state index is 12.9. The lowest BCUT2D eigenvalue weighted by molar-refractivity contribution is -0.384. The Morgan fingerprint density at radius 1 is 1.08 bits per heavy atom. The molecule has 0 aliphatic carbocycles. The number of carbonyl (C=O) groups is 2. The van der Waals surface area contributed by atoms with E-state index < -0.39 is 28.7 Å². The molecule has 1 atom stereocenters. The molecule has 24 heavy (non-hydrogen) atoms. The van der Waals surface area contributed by atoms with E-state index in [0.29, 0.717) is 5.56 Å². The number of non-ortho nitro benzene ring substituents is 1. The van der Waals surface area contributed by atoms with E-state index in [-0.39, 0.29) is 23.4 Å². The molecule has 3 rings (SSSR count). The van der Waals surface area contributed by atoms with Gasteiger partial charge in [0.25, 0.3) is 17.5 Å². The lowest BCUT2D eigenvalue weighted by Crippen LogP contribution is -2.33. The second kappa shape index (κ2) is 5.82. The normalized spacial score (nSPS) is 14.7. The lowest BCUT2D eigenvalue weighted by atomic mass is 10.1. The quantitative estimate of drug-likeness (QED) is 0.525. The van der Waals surface area contributed by atoms with E-state index in [2.05, 4.69) is 0 Å². The molecule has 0 bridgehead atoms. The zero-order chi connectivity index (χ0) is 17.4. The molecule has 2 aromatic rings. The Kier molecular flexibility index (Phi) is 3.82. The van der Waals surface area contributed by atoms with Gasteiger partial charge in [0.15, 0.2) is 0 Å². The third-order valence-electron chi connectivity index (χ3n) is 3.78. The summed E-state index contributed by atoms with van der Waals surface area (Å²) in [5, 5.41) is 20.9. The summed E-state index contributed by atoms with van der Waals surface area (Å²) in [6, 6.07) is 8.42. The number of nitro benzene ring substituents is 1. The first-order valence-electron chi connectivity index (χ1n) is 6.96. The summed E-state index contributed by atoms with van der Waals surface area (Å²) in [6.07, 6.45) is -1.19. The van der Waals surface area contributed by atoms with Crippen LogP contribution in [0, 0.1) is 15.9 Å². The number of rotatable bonds is 4. The van der Waals surface area contributed by atoms with E-state index in [1.807, 2.05) is 0 Å². The first-order valence-corrected chi connectivity index (χ1v) is 6.96. The standard InChI is InChI=1S/C16H11FN2O5/c17-10-3-1-9(2-4-10)14(20)8-18-15(21)12-6-5-11(19(23)24)7-13(12)16(18)22/h1-7,14,20H,8H2/t14-/m0/s1. The minimum absolute atomic E-state index is 0.0527. The SMILES string of the molecule is O=C1c2ccc([N+](=O)[O-])cc2C(=O)N1C[C@H](O)c1ccc(F)cc1. The molecule has 1 N–H and O–H groups in total. The van der Waals surface area contributed by atoms with Crippen molar-refractivity contribution in [2.45, 2.75) is 6.10 Å². The van der Waals surface area contributed by atoms with Crippen LogP contribution in [0.5, 0.6) is 0 Å². The van der Waals surface area contributed by atoms with Gasteiger partial charge in [-0.25, -0.2) is 4.39 Å². The van der Waals surface area contributed by atoms with Crippen LogP contribution in [0.3, 0.4) is 0 Å². The first kappa shape index (κ1) is 15.8. The van der Waals surface area contributed by atoms with E-state index in [1.54, 1.807) is 0 Å². The molecule has 122 valence electrons. The molecule has 1 heterocycles. The van der Waals surface area contributed by atoms with Crippen LogP contribution in [0.1, 0.15) is 32.4 Å². The largest absolute Gasteiger partial charge is 0.387 e. The zero-order valence-corrected chi connectivity index (χ0v) is 12.2. The second-order valence-corrected chi connectivity index (χ2v) is 5.28. The van der Waals surface area contributed by atoms with Crippen LogP contribution in [0.2, 0.25) is 0 Å². The van der Waals surface area contributed by atoms with Gasteiger partial charge in [0, 0.05) is 12.1 Å². The Morgan fingerprint density at radius 3 is 2.33 bits per heavy atom. The van der Waals surface area contributed by atoms with Gasteiger partial charge < -0.3 is 5.11 Å². The second-order valence-electron chi connectivity index (χ2n) is 5.28. The Morgan fingerprint density at radius 2 is 1.71 bits per heavy atom. The molecule has 2 aromatic carbocycles. The number of benzene rings is 2. The molecule has 7 nitrogen and oxygen atoms in total. The summed E-state index contributed by atoms with van der Waals surface area (Å²) in [5.74, 6) is -1.81. The monoisotopic (exact) mass is 330 g/mol. The number of imide groups is 1. The highest BCUT2D eigenvalue weighted by molar-refractivity contribution is 6.21. The van der Waals surface area contributed by atoms with E-state index >= 15 is 0 Å².